The predicted octanol–water partition coefficient (Wildman–Crippen LogP) is 3.01. The van der Waals surface area contributed by atoms with E-state index in [0.717, 1.165) is 12.5 Å². The number of aryl methyl sites for hydroxylation is 1. The van der Waals surface area contributed by atoms with E-state index in [-0.39, 0.29) is 0 Å². The Morgan fingerprint density at radius 3 is 3.06 bits per heavy atom. The SMILES string of the molecule is CCC1CCCN(Cc2cncc(C)c2)C1. The van der Waals surface area contributed by atoms with Crippen molar-refractivity contribution in [3.63, 3.8) is 0 Å². The maximum atomic E-state index is 4.26. The predicted molar refractivity (Wildman–Crippen MR) is 67.3 cm³/mol. The molecule has 0 bridgehead atoms. The summed E-state index contributed by atoms with van der Waals surface area (Å²) in [6.07, 6.45) is 8.02. The standard InChI is InChI=1S/C14H22N2/c1-3-13-5-4-6-16(10-13)11-14-7-12(2)8-15-9-14/h7-9,13H,3-6,10-11H2,1-2H3. The van der Waals surface area contributed by atoms with E-state index in [0.29, 0.717) is 0 Å². The molecule has 1 fully saturated rings. The Bertz CT molecular complexity index is 335. The van der Waals surface area contributed by atoms with Crippen molar-refractivity contribution in [3.8, 4) is 0 Å². The zero-order valence-corrected chi connectivity index (χ0v) is 10.4. The number of hydrogen-bond donors (Lipinski definition) is 0. The van der Waals surface area contributed by atoms with E-state index in [9.17, 15) is 0 Å². The average molecular weight is 218 g/mol. The van der Waals surface area contributed by atoms with Gasteiger partial charge < -0.3 is 0 Å². The highest BCUT2D eigenvalue weighted by Gasteiger charge is 2.18. The summed E-state index contributed by atoms with van der Waals surface area (Å²) in [7, 11) is 0. The fourth-order valence-corrected chi connectivity index (χ4v) is 2.59. The topological polar surface area (TPSA) is 16.1 Å². The highest BCUT2D eigenvalue weighted by atomic mass is 15.1. The second-order valence-corrected chi connectivity index (χ2v) is 5.02. The van der Waals surface area contributed by atoms with Gasteiger partial charge in [-0.05, 0) is 43.4 Å². The third-order valence-electron chi connectivity index (χ3n) is 3.52. The van der Waals surface area contributed by atoms with Crippen molar-refractivity contribution >= 4 is 0 Å². The van der Waals surface area contributed by atoms with Crippen LogP contribution in [-0.4, -0.2) is 23.0 Å². The van der Waals surface area contributed by atoms with Crippen LogP contribution in [0.2, 0.25) is 0 Å². The molecule has 2 rings (SSSR count). The summed E-state index contributed by atoms with van der Waals surface area (Å²) in [5.74, 6) is 0.909. The molecule has 88 valence electrons. The number of aromatic nitrogens is 1. The lowest BCUT2D eigenvalue weighted by Crippen LogP contribution is -2.34. The average Bonchev–Trinajstić information content (AvgIpc) is 2.29. The zero-order valence-electron chi connectivity index (χ0n) is 10.4. The molecule has 2 heteroatoms. The molecule has 2 heterocycles. The van der Waals surface area contributed by atoms with E-state index in [1.165, 1.54) is 43.5 Å². The van der Waals surface area contributed by atoms with Crippen LogP contribution in [0.15, 0.2) is 18.5 Å². The van der Waals surface area contributed by atoms with Gasteiger partial charge in [0, 0.05) is 25.5 Å². The van der Waals surface area contributed by atoms with Crippen molar-refractivity contribution in [1.82, 2.24) is 9.88 Å². The monoisotopic (exact) mass is 218 g/mol. The third-order valence-corrected chi connectivity index (χ3v) is 3.52. The van der Waals surface area contributed by atoms with Crippen molar-refractivity contribution in [2.24, 2.45) is 5.92 Å². The molecule has 0 spiro atoms. The molecule has 1 unspecified atom stereocenters. The van der Waals surface area contributed by atoms with Crippen LogP contribution in [-0.2, 0) is 6.54 Å². The fourth-order valence-electron chi connectivity index (χ4n) is 2.59. The largest absolute Gasteiger partial charge is 0.299 e. The molecular formula is C14H22N2. The summed E-state index contributed by atoms with van der Waals surface area (Å²) < 4.78 is 0. The number of likely N-dealkylation sites (tertiary alicyclic amines) is 1. The molecule has 1 aromatic heterocycles. The normalized spacial score (nSPS) is 22.2. The van der Waals surface area contributed by atoms with Crippen molar-refractivity contribution in [3.05, 3.63) is 29.6 Å². The van der Waals surface area contributed by atoms with Gasteiger partial charge in [-0.3, -0.25) is 9.88 Å². The van der Waals surface area contributed by atoms with Crippen LogP contribution < -0.4 is 0 Å². The molecule has 1 aliphatic heterocycles. The molecule has 2 nitrogen and oxygen atoms in total. The Morgan fingerprint density at radius 1 is 1.44 bits per heavy atom. The van der Waals surface area contributed by atoms with Gasteiger partial charge in [-0.2, -0.15) is 0 Å². The summed E-state index contributed by atoms with van der Waals surface area (Å²) in [5.41, 5.74) is 2.62. The lowest BCUT2D eigenvalue weighted by atomic mass is 9.95. The van der Waals surface area contributed by atoms with Crippen molar-refractivity contribution in [1.29, 1.82) is 0 Å². The van der Waals surface area contributed by atoms with Crippen LogP contribution in [0.5, 0.6) is 0 Å². The Labute approximate surface area is 98.7 Å². The van der Waals surface area contributed by atoms with Crippen LogP contribution >= 0.6 is 0 Å². The van der Waals surface area contributed by atoms with Gasteiger partial charge in [-0.15, -0.1) is 0 Å². The minimum Gasteiger partial charge on any atom is -0.299 e. The van der Waals surface area contributed by atoms with Crippen molar-refractivity contribution in [2.45, 2.75) is 39.7 Å². The van der Waals surface area contributed by atoms with Gasteiger partial charge in [-0.1, -0.05) is 19.4 Å². The van der Waals surface area contributed by atoms with Crippen LogP contribution in [0.3, 0.4) is 0 Å². The molecule has 0 radical (unpaired) electrons. The third kappa shape index (κ3) is 3.05. The van der Waals surface area contributed by atoms with E-state index in [1.54, 1.807) is 0 Å². The second kappa shape index (κ2) is 5.44. The molecule has 0 N–H and O–H groups in total. The summed E-state index contributed by atoms with van der Waals surface area (Å²) in [6, 6.07) is 2.25. The lowest BCUT2D eigenvalue weighted by Gasteiger charge is -2.32. The Morgan fingerprint density at radius 2 is 2.31 bits per heavy atom. The van der Waals surface area contributed by atoms with Crippen LogP contribution in [0.1, 0.15) is 37.3 Å². The van der Waals surface area contributed by atoms with Crippen LogP contribution in [0, 0.1) is 12.8 Å². The number of nitrogens with zero attached hydrogens (tertiary/aromatic N) is 2. The minimum absolute atomic E-state index is 0.909. The molecule has 0 saturated carbocycles. The number of hydrogen-bond acceptors (Lipinski definition) is 2. The van der Waals surface area contributed by atoms with Gasteiger partial charge >= 0.3 is 0 Å². The number of piperidine rings is 1. The summed E-state index contributed by atoms with van der Waals surface area (Å²) >= 11 is 0. The molecule has 16 heavy (non-hydrogen) atoms. The van der Waals surface area contributed by atoms with Crippen molar-refractivity contribution < 1.29 is 0 Å². The summed E-state index contributed by atoms with van der Waals surface area (Å²) in [5, 5.41) is 0. The Hall–Kier alpha value is -0.890. The van der Waals surface area contributed by atoms with E-state index < -0.39 is 0 Å². The van der Waals surface area contributed by atoms with Gasteiger partial charge in [0.15, 0.2) is 0 Å². The lowest BCUT2D eigenvalue weighted by molar-refractivity contribution is 0.164. The van der Waals surface area contributed by atoms with Crippen LogP contribution in [0.25, 0.3) is 0 Å². The molecule has 0 amide bonds. The van der Waals surface area contributed by atoms with Crippen molar-refractivity contribution in [2.75, 3.05) is 13.1 Å². The maximum absolute atomic E-state index is 4.26. The molecular weight excluding hydrogens is 196 g/mol. The Balaban J connectivity index is 1.94. The smallest absolute Gasteiger partial charge is 0.0313 e. The van der Waals surface area contributed by atoms with Gasteiger partial charge in [-0.25, -0.2) is 0 Å². The van der Waals surface area contributed by atoms with Gasteiger partial charge in [0.05, 0.1) is 0 Å². The molecule has 1 aromatic rings. The zero-order chi connectivity index (χ0) is 11.4. The molecule has 0 aromatic carbocycles. The first-order valence-corrected chi connectivity index (χ1v) is 6.41. The maximum Gasteiger partial charge on any atom is 0.0313 e. The number of pyridine rings is 1. The molecule has 1 saturated heterocycles. The first-order valence-electron chi connectivity index (χ1n) is 6.41. The highest BCUT2D eigenvalue weighted by molar-refractivity contribution is 5.16. The van der Waals surface area contributed by atoms with Gasteiger partial charge in [0.1, 0.15) is 0 Å². The van der Waals surface area contributed by atoms with E-state index in [4.69, 9.17) is 0 Å². The molecule has 1 aliphatic rings. The van der Waals surface area contributed by atoms with E-state index in [2.05, 4.69) is 29.8 Å². The fraction of sp³-hybridized carbons (Fsp3) is 0.643. The number of rotatable bonds is 3. The summed E-state index contributed by atoms with van der Waals surface area (Å²) in [6.45, 7) is 8.02. The molecule has 1 atom stereocenters. The van der Waals surface area contributed by atoms with Gasteiger partial charge in [0.2, 0.25) is 0 Å². The first kappa shape index (κ1) is 11.6. The van der Waals surface area contributed by atoms with Crippen LogP contribution in [0.4, 0.5) is 0 Å². The summed E-state index contributed by atoms with van der Waals surface area (Å²) in [4.78, 5) is 6.84. The first-order chi connectivity index (χ1) is 7.78. The quantitative estimate of drug-likeness (QED) is 0.775. The Kier molecular flexibility index (Phi) is 3.94. The minimum atomic E-state index is 0.909. The highest BCUT2D eigenvalue weighted by Crippen LogP contribution is 2.20. The van der Waals surface area contributed by atoms with Gasteiger partial charge in [0.25, 0.3) is 0 Å². The van der Waals surface area contributed by atoms with E-state index in [1.807, 2.05) is 12.4 Å². The second-order valence-electron chi connectivity index (χ2n) is 5.02. The molecule has 0 aliphatic carbocycles. The van der Waals surface area contributed by atoms with E-state index >= 15 is 0 Å².